The minimum Gasteiger partial charge on any atom is -0.369 e. The Morgan fingerprint density at radius 3 is 2.89 bits per heavy atom. The molecular formula is C13H20N4O. The lowest BCUT2D eigenvalue weighted by atomic mass is 10.0. The summed E-state index contributed by atoms with van der Waals surface area (Å²) in [5.74, 6) is -0.266. The Kier molecular flexibility index (Phi) is 4.66. The van der Waals surface area contributed by atoms with E-state index in [4.69, 9.17) is 5.73 Å². The second-order valence-electron chi connectivity index (χ2n) is 4.71. The van der Waals surface area contributed by atoms with Crippen LogP contribution in [0.2, 0.25) is 0 Å². The van der Waals surface area contributed by atoms with Gasteiger partial charge in [-0.15, -0.1) is 0 Å². The Balaban J connectivity index is 2.02. The third-order valence-electron chi connectivity index (χ3n) is 3.29. The SMILES string of the molecule is NC(=O)CN(Cc1cccnc1)C1CCNCC1. The van der Waals surface area contributed by atoms with Gasteiger partial charge in [0.25, 0.3) is 0 Å². The average Bonchev–Trinajstić information content (AvgIpc) is 2.40. The van der Waals surface area contributed by atoms with Crippen LogP contribution >= 0.6 is 0 Å². The fraction of sp³-hybridized carbons (Fsp3) is 0.538. The van der Waals surface area contributed by atoms with Crippen molar-refractivity contribution in [1.82, 2.24) is 15.2 Å². The smallest absolute Gasteiger partial charge is 0.231 e. The molecule has 18 heavy (non-hydrogen) atoms. The van der Waals surface area contributed by atoms with Crippen molar-refractivity contribution < 1.29 is 4.79 Å². The topological polar surface area (TPSA) is 71.2 Å². The fourth-order valence-corrected chi connectivity index (χ4v) is 2.41. The van der Waals surface area contributed by atoms with Crippen LogP contribution in [0.15, 0.2) is 24.5 Å². The number of aromatic nitrogens is 1. The molecule has 1 amide bonds. The molecule has 1 aromatic rings. The van der Waals surface area contributed by atoms with Crippen LogP contribution in [0.5, 0.6) is 0 Å². The predicted octanol–water partition coefficient (Wildman–Crippen LogP) is 0.121. The van der Waals surface area contributed by atoms with Gasteiger partial charge >= 0.3 is 0 Å². The molecule has 1 aliphatic rings. The summed E-state index contributed by atoms with van der Waals surface area (Å²) in [6.45, 7) is 3.07. The molecule has 1 fully saturated rings. The zero-order chi connectivity index (χ0) is 12.8. The van der Waals surface area contributed by atoms with Gasteiger partial charge in [-0.3, -0.25) is 14.7 Å². The van der Waals surface area contributed by atoms with Crippen LogP contribution in [-0.4, -0.2) is 41.5 Å². The molecular weight excluding hydrogens is 228 g/mol. The van der Waals surface area contributed by atoms with E-state index in [1.165, 1.54) is 0 Å². The van der Waals surface area contributed by atoms with E-state index in [-0.39, 0.29) is 5.91 Å². The summed E-state index contributed by atoms with van der Waals surface area (Å²) < 4.78 is 0. The van der Waals surface area contributed by atoms with Gasteiger partial charge in [0, 0.05) is 25.0 Å². The summed E-state index contributed by atoms with van der Waals surface area (Å²) in [6.07, 6.45) is 5.72. The lowest BCUT2D eigenvalue weighted by molar-refractivity contribution is -0.120. The highest BCUT2D eigenvalue weighted by Crippen LogP contribution is 2.14. The number of hydrogen-bond acceptors (Lipinski definition) is 4. The molecule has 5 heteroatoms. The summed E-state index contributed by atoms with van der Waals surface area (Å²) in [4.78, 5) is 17.5. The van der Waals surface area contributed by atoms with Crippen LogP contribution in [0.1, 0.15) is 18.4 Å². The maximum Gasteiger partial charge on any atom is 0.231 e. The fourth-order valence-electron chi connectivity index (χ4n) is 2.41. The van der Waals surface area contributed by atoms with Crippen molar-refractivity contribution in [2.75, 3.05) is 19.6 Å². The number of carbonyl (C=O) groups excluding carboxylic acids is 1. The maximum atomic E-state index is 11.2. The first kappa shape index (κ1) is 13.0. The van der Waals surface area contributed by atoms with Crippen molar-refractivity contribution in [3.8, 4) is 0 Å². The van der Waals surface area contributed by atoms with E-state index in [0.717, 1.165) is 38.0 Å². The molecule has 0 aromatic carbocycles. The molecule has 1 aromatic heterocycles. The molecule has 3 N–H and O–H groups in total. The van der Waals surface area contributed by atoms with Gasteiger partial charge < -0.3 is 11.1 Å². The first-order valence-electron chi connectivity index (χ1n) is 6.37. The number of nitrogens with two attached hydrogens (primary N) is 1. The van der Waals surface area contributed by atoms with Gasteiger partial charge in [0.05, 0.1) is 6.54 Å². The van der Waals surface area contributed by atoms with Crippen LogP contribution < -0.4 is 11.1 Å². The Morgan fingerprint density at radius 1 is 1.50 bits per heavy atom. The van der Waals surface area contributed by atoms with E-state index in [1.54, 1.807) is 6.20 Å². The van der Waals surface area contributed by atoms with E-state index in [1.807, 2.05) is 18.3 Å². The molecule has 0 aliphatic carbocycles. The van der Waals surface area contributed by atoms with E-state index < -0.39 is 0 Å². The van der Waals surface area contributed by atoms with Gasteiger partial charge in [0.15, 0.2) is 0 Å². The number of hydrogen-bond donors (Lipinski definition) is 2. The molecule has 1 saturated heterocycles. The van der Waals surface area contributed by atoms with E-state index >= 15 is 0 Å². The lowest BCUT2D eigenvalue weighted by Crippen LogP contribution is -2.46. The molecule has 0 saturated carbocycles. The van der Waals surface area contributed by atoms with Crippen LogP contribution in [-0.2, 0) is 11.3 Å². The molecule has 1 aliphatic heterocycles. The Hall–Kier alpha value is -1.46. The van der Waals surface area contributed by atoms with Gasteiger partial charge in [0.2, 0.25) is 5.91 Å². The number of nitrogens with zero attached hydrogens (tertiary/aromatic N) is 2. The van der Waals surface area contributed by atoms with Crippen LogP contribution in [0.4, 0.5) is 0 Å². The van der Waals surface area contributed by atoms with Gasteiger partial charge in [0.1, 0.15) is 0 Å². The second kappa shape index (κ2) is 6.47. The van der Waals surface area contributed by atoms with Crippen LogP contribution in [0.3, 0.4) is 0 Å². The highest BCUT2D eigenvalue weighted by Gasteiger charge is 2.22. The van der Waals surface area contributed by atoms with Gasteiger partial charge in [-0.1, -0.05) is 6.07 Å². The minimum absolute atomic E-state index is 0.266. The molecule has 2 heterocycles. The molecule has 98 valence electrons. The number of carbonyl (C=O) groups is 1. The number of primary amides is 1. The molecule has 0 atom stereocenters. The molecule has 0 bridgehead atoms. The third-order valence-corrected chi connectivity index (χ3v) is 3.29. The van der Waals surface area contributed by atoms with Crippen LogP contribution in [0.25, 0.3) is 0 Å². The predicted molar refractivity (Wildman–Crippen MR) is 69.7 cm³/mol. The lowest BCUT2D eigenvalue weighted by Gasteiger charge is -2.33. The highest BCUT2D eigenvalue weighted by atomic mass is 16.1. The van der Waals surface area contributed by atoms with Crippen molar-refractivity contribution in [1.29, 1.82) is 0 Å². The zero-order valence-electron chi connectivity index (χ0n) is 10.5. The molecule has 0 spiro atoms. The first-order chi connectivity index (χ1) is 8.75. The molecule has 2 rings (SSSR count). The second-order valence-corrected chi connectivity index (χ2v) is 4.71. The van der Waals surface area contributed by atoms with E-state index in [9.17, 15) is 4.79 Å². The summed E-state index contributed by atoms with van der Waals surface area (Å²) in [5, 5.41) is 3.33. The summed E-state index contributed by atoms with van der Waals surface area (Å²) in [7, 11) is 0. The average molecular weight is 248 g/mol. The quantitative estimate of drug-likeness (QED) is 0.776. The Bertz CT molecular complexity index is 376. The monoisotopic (exact) mass is 248 g/mol. The molecule has 0 unspecified atom stereocenters. The third kappa shape index (κ3) is 3.78. The van der Waals surface area contributed by atoms with Crippen molar-refractivity contribution >= 4 is 5.91 Å². The number of piperidine rings is 1. The standard InChI is InChI=1S/C13H20N4O/c14-13(18)10-17(12-3-6-15-7-4-12)9-11-2-1-5-16-8-11/h1-2,5,8,12,15H,3-4,6-7,9-10H2,(H2,14,18). The van der Waals surface area contributed by atoms with Crippen molar-refractivity contribution in [3.05, 3.63) is 30.1 Å². The van der Waals surface area contributed by atoms with Crippen LogP contribution in [0, 0.1) is 0 Å². The number of pyridine rings is 1. The number of nitrogens with one attached hydrogen (secondary N) is 1. The number of rotatable bonds is 5. The van der Waals surface area contributed by atoms with Gasteiger partial charge in [-0.2, -0.15) is 0 Å². The molecule has 0 radical (unpaired) electrons. The number of amides is 1. The molecule has 5 nitrogen and oxygen atoms in total. The van der Waals surface area contributed by atoms with Gasteiger partial charge in [-0.05, 0) is 37.6 Å². The first-order valence-corrected chi connectivity index (χ1v) is 6.37. The van der Waals surface area contributed by atoms with E-state index in [0.29, 0.717) is 12.6 Å². The summed E-state index contributed by atoms with van der Waals surface area (Å²) >= 11 is 0. The maximum absolute atomic E-state index is 11.2. The minimum atomic E-state index is -0.266. The van der Waals surface area contributed by atoms with Crippen molar-refractivity contribution in [3.63, 3.8) is 0 Å². The summed E-state index contributed by atoms with van der Waals surface area (Å²) in [6, 6.07) is 4.38. The van der Waals surface area contributed by atoms with E-state index in [2.05, 4.69) is 15.2 Å². The highest BCUT2D eigenvalue weighted by molar-refractivity contribution is 5.75. The Labute approximate surface area is 107 Å². The van der Waals surface area contributed by atoms with Crippen molar-refractivity contribution in [2.24, 2.45) is 5.73 Å². The summed E-state index contributed by atoms with van der Waals surface area (Å²) in [5.41, 5.74) is 6.46. The largest absolute Gasteiger partial charge is 0.369 e. The van der Waals surface area contributed by atoms with Gasteiger partial charge in [-0.25, -0.2) is 0 Å². The van der Waals surface area contributed by atoms with Crippen molar-refractivity contribution in [2.45, 2.75) is 25.4 Å². The normalized spacial score (nSPS) is 16.9. The Morgan fingerprint density at radius 2 is 2.28 bits per heavy atom. The zero-order valence-corrected chi connectivity index (χ0v) is 10.5.